The van der Waals surface area contributed by atoms with Crippen molar-refractivity contribution in [3.63, 3.8) is 0 Å². The van der Waals surface area contributed by atoms with E-state index in [2.05, 4.69) is 15.1 Å². The van der Waals surface area contributed by atoms with Crippen LogP contribution in [-0.2, 0) is 11.3 Å². The third kappa shape index (κ3) is 2.98. The molecular formula is C16H16N4O3. The number of benzene rings is 1. The maximum Gasteiger partial charge on any atom is 0.314 e. The number of aromatic nitrogens is 4. The molecular weight excluding hydrogens is 296 g/mol. The second-order valence-electron chi connectivity index (χ2n) is 5.30. The van der Waals surface area contributed by atoms with Gasteiger partial charge in [-0.05, 0) is 12.0 Å². The van der Waals surface area contributed by atoms with Crippen molar-refractivity contribution < 1.29 is 9.90 Å². The van der Waals surface area contributed by atoms with Crippen LogP contribution < -0.4 is 5.56 Å². The molecule has 3 rings (SSSR count). The van der Waals surface area contributed by atoms with Crippen molar-refractivity contribution in [2.75, 3.05) is 0 Å². The molecule has 1 unspecified atom stereocenters. The molecule has 0 bridgehead atoms. The summed E-state index contributed by atoms with van der Waals surface area (Å²) in [6.07, 6.45) is 1.97. The summed E-state index contributed by atoms with van der Waals surface area (Å²) in [6.45, 7) is 2.25. The van der Waals surface area contributed by atoms with Gasteiger partial charge in [0.1, 0.15) is 17.1 Å². The number of nitrogens with zero attached hydrogens (tertiary/aromatic N) is 3. The lowest BCUT2D eigenvalue weighted by Gasteiger charge is -2.07. The molecule has 0 aliphatic heterocycles. The van der Waals surface area contributed by atoms with Crippen molar-refractivity contribution in [3.8, 4) is 0 Å². The predicted octanol–water partition coefficient (Wildman–Crippen LogP) is 1.75. The first kappa shape index (κ1) is 15.0. The van der Waals surface area contributed by atoms with E-state index in [9.17, 15) is 14.7 Å². The monoisotopic (exact) mass is 312 g/mol. The maximum atomic E-state index is 12.2. The van der Waals surface area contributed by atoms with Crippen LogP contribution in [0.3, 0.4) is 0 Å². The Balaban J connectivity index is 2.01. The topological polar surface area (TPSA) is 101 Å². The molecule has 0 radical (unpaired) electrons. The van der Waals surface area contributed by atoms with Crippen LogP contribution in [0.4, 0.5) is 0 Å². The zero-order valence-electron chi connectivity index (χ0n) is 12.6. The zero-order valence-corrected chi connectivity index (χ0v) is 12.6. The number of H-pyrrole nitrogens is 1. The standard InChI is InChI=1S/C16H16N4O3/c1-2-11(16(22)23)13-17-14-12(15(21)18-13)9-20(19-14)8-10-6-4-3-5-7-10/h3-7,9,11H,2,8H2,1H3,(H,22,23)(H,17,18,19,21). The molecule has 2 N–H and O–H groups in total. The van der Waals surface area contributed by atoms with Gasteiger partial charge in [-0.25, -0.2) is 4.98 Å². The minimum Gasteiger partial charge on any atom is -0.481 e. The van der Waals surface area contributed by atoms with Crippen LogP contribution in [0.1, 0.15) is 30.7 Å². The predicted molar refractivity (Wildman–Crippen MR) is 84.4 cm³/mol. The number of rotatable bonds is 5. The van der Waals surface area contributed by atoms with Crippen molar-refractivity contribution in [2.24, 2.45) is 0 Å². The summed E-state index contributed by atoms with van der Waals surface area (Å²) in [5.41, 5.74) is 0.942. The van der Waals surface area contributed by atoms with Gasteiger partial charge in [0.25, 0.3) is 5.56 Å². The largest absolute Gasteiger partial charge is 0.481 e. The van der Waals surface area contributed by atoms with E-state index in [0.717, 1.165) is 5.56 Å². The molecule has 118 valence electrons. The third-order valence-corrected chi connectivity index (χ3v) is 3.68. The highest BCUT2D eigenvalue weighted by Crippen LogP contribution is 2.16. The third-order valence-electron chi connectivity index (χ3n) is 3.68. The maximum absolute atomic E-state index is 12.2. The summed E-state index contributed by atoms with van der Waals surface area (Å²) in [5, 5.41) is 13.9. The lowest BCUT2D eigenvalue weighted by atomic mass is 10.1. The van der Waals surface area contributed by atoms with Crippen molar-refractivity contribution in [1.82, 2.24) is 19.7 Å². The second kappa shape index (κ2) is 6.04. The minimum atomic E-state index is -1.02. The Kier molecular flexibility index (Phi) is 3.92. The van der Waals surface area contributed by atoms with Gasteiger partial charge in [-0.15, -0.1) is 0 Å². The van der Waals surface area contributed by atoms with Crippen molar-refractivity contribution in [1.29, 1.82) is 0 Å². The second-order valence-corrected chi connectivity index (χ2v) is 5.30. The van der Waals surface area contributed by atoms with E-state index < -0.39 is 11.9 Å². The van der Waals surface area contributed by atoms with Crippen LogP contribution >= 0.6 is 0 Å². The Morgan fingerprint density at radius 2 is 2.09 bits per heavy atom. The van der Waals surface area contributed by atoms with E-state index in [1.54, 1.807) is 17.8 Å². The smallest absolute Gasteiger partial charge is 0.314 e. The molecule has 0 fully saturated rings. The fourth-order valence-corrected chi connectivity index (χ4v) is 2.48. The zero-order chi connectivity index (χ0) is 16.4. The Bertz CT molecular complexity index is 899. The molecule has 0 amide bonds. The molecule has 1 aromatic carbocycles. The molecule has 7 nitrogen and oxygen atoms in total. The summed E-state index contributed by atoms with van der Waals surface area (Å²) < 4.78 is 1.63. The van der Waals surface area contributed by atoms with Gasteiger partial charge in [0, 0.05) is 6.20 Å². The van der Waals surface area contributed by atoms with Crippen LogP contribution in [0.2, 0.25) is 0 Å². The molecule has 7 heteroatoms. The van der Waals surface area contributed by atoms with E-state index in [1.165, 1.54) is 0 Å². The van der Waals surface area contributed by atoms with Crippen LogP contribution in [0, 0.1) is 0 Å². The van der Waals surface area contributed by atoms with Gasteiger partial charge < -0.3 is 10.1 Å². The Hall–Kier alpha value is -2.96. The highest BCUT2D eigenvalue weighted by molar-refractivity contribution is 5.77. The molecule has 0 spiro atoms. The Labute approximate surface area is 131 Å². The van der Waals surface area contributed by atoms with Crippen LogP contribution in [-0.4, -0.2) is 30.8 Å². The first-order chi connectivity index (χ1) is 11.1. The molecule has 0 saturated heterocycles. The van der Waals surface area contributed by atoms with Crippen LogP contribution in [0.25, 0.3) is 11.0 Å². The van der Waals surface area contributed by atoms with E-state index in [4.69, 9.17) is 0 Å². The molecule has 1 atom stereocenters. The summed E-state index contributed by atoms with van der Waals surface area (Å²) in [6, 6.07) is 9.72. The Morgan fingerprint density at radius 1 is 1.35 bits per heavy atom. The van der Waals surface area contributed by atoms with Crippen molar-refractivity contribution in [2.45, 2.75) is 25.8 Å². The molecule has 3 aromatic rings. The number of carboxylic acids is 1. The first-order valence-electron chi connectivity index (χ1n) is 7.32. The summed E-state index contributed by atoms with van der Waals surface area (Å²) >= 11 is 0. The lowest BCUT2D eigenvalue weighted by molar-refractivity contribution is -0.139. The fourth-order valence-electron chi connectivity index (χ4n) is 2.48. The SMILES string of the molecule is CCC(C(=O)O)c1nc2nn(Cc3ccccc3)cc2c(=O)[nH]1. The minimum absolute atomic E-state index is 0.141. The van der Waals surface area contributed by atoms with Gasteiger partial charge in [0.2, 0.25) is 0 Å². The van der Waals surface area contributed by atoms with E-state index in [-0.39, 0.29) is 17.0 Å². The number of aromatic amines is 1. The highest BCUT2D eigenvalue weighted by Gasteiger charge is 2.22. The Morgan fingerprint density at radius 3 is 2.74 bits per heavy atom. The number of aliphatic carboxylic acids is 1. The molecule has 0 aliphatic carbocycles. The molecule has 0 aliphatic rings. The van der Waals surface area contributed by atoms with E-state index >= 15 is 0 Å². The average molecular weight is 312 g/mol. The molecule has 0 saturated carbocycles. The van der Waals surface area contributed by atoms with Crippen molar-refractivity contribution in [3.05, 3.63) is 58.3 Å². The number of hydrogen-bond acceptors (Lipinski definition) is 4. The lowest BCUT2D eigenvalue weighted by Crippen LogP contribution is -2.19. The molecule has 2 heterocycles. The number of fused-ring (bicyclic) bond motifs is 1. The quantitative estimate of drug-likeness (QED) is 0.747. The van der Waals surface area contributed by atoms with Crippen LogP contribution in [0.15, 0.2) is 41.3 Å². The first-order valence-corrected chi connectivity index (χ1v) is 7.32. The molecule has 2 aromatic heterocycles. The van der Waals surface area contributed by atoms with Crippen molar-refractivity contribution >= 4 is 17.0 Å². The average Bonchev–Trinajstić information content (AvgIpc) is 2.92. The fraction of sp³-hybridized carbons (Fsp3) is 0.250. The van der Waals surface area contributed by atoms with Gasteiger partial charge in [0.05, 0.1) is 6.54 Å². The normalized spacial score (nSPS) is 12.4. The highest BCUT2D eigenvalue weighted by atomic mass is 16.4. The summed E-state index contributed by atoms with van der Waals surface area (Å²) in [5.74, 6) is -1.72. The molecule has 23 heavy (non-hydrogen) atoms. The van der Waals surface area contributed by atoms with E-state index in [1.807, 2.05) is 30.3 Å². The van der Waals surface area contributed by atoms with Gasteiger partial charge in [-0.3, -0.25) is 14.3 Å². The van der Waals surface area contributed by atoms with Gasteiger partial charge in [-0.1, -0.05) is 37.3 Å². The number of carbonyl (C=O) groups is 1. The van der Waals surface area contributed by atoms with E-state index in [0.29, 0.717) is 18.4 Å². The number of hydrogen-bond donors (Lipinski definition) is 2. The van der Waals surface area contributed by atoms with Gasteiger partial charge >= 0.3 is 5.97 Å². The van der Waals surface area contributed by atoms with Gasteiger partial charge in [-0.2, -0.15) is 5.10 Å². The number of carboxylic acid groups (broad SMARTS) is 1. The van der Waals surface area contributed by atoms with Gasteiger partial charge in [0.15, 0.2) is 5.65 Å². The summed E-state index contributed by atoms with van der Waals surface area (Å²) in [7, 11) is 0. The van der Waals surface area contributed by atoms with Crippen LogP contribution in [0.5, 0.6) is 0 Å². The summed E-state index contributed by atoms with van der Waals surface area (Å²) in [4.78, 5) is 30.2. The number of nitrogens with one attached hydrogen (secondary N) is 1.